The molecule has 23 heavy (non-hydrogen) atoms. The van der Waals surface area contributed by atoms with Crippen LogP contribution in [0.1, 0.15) is 12.0 Å². The first-order chi connectivity index (χ1) is 11.2. The van der Waals surface area contributed by atoms with Gasteiger partial charge in [0.2, 0.25) is 0 Å². The molecule has 122 valence electrons. The molecule has 0 aliphatic carbocycles. The predicted octanol–water partition coefficient (Wildman–Crippen LogP) is 3.23. The highest BCUT2D eigenvalue weighted by atomic mass is 19.1. The van der Waals surface area contributed by atoms with Crippen LogP contribution in [0.5, 0.6) is 5.75 Å². The maximum absolute atomic E-state index is 14.0. The normalized spacial score (nSPS) is 21.3. The second-order valence-corrected chi connectivity index (χ2v) is 6.27. The van der Waals surface area contributed by atoms with Crippen molar-refractivity contribution in [3.05, 3.63) is 59.9 Å². The molecule has 2 aromatic carbocycles. The fourth-order valence-electron chi connectivity index (χ4n) is 3.39. The number of methoxy groups -OCH3 is 1. The fourth-order valence-corrected chi connectivity index (χ4v) is 3.39. The van der Waals surface area contributed by atoms with Crippen LogP contribution in [0.2, 0.25) is 0 Å². The number of hydrogen-bond acceptors (Lipinski definition) is 3. The van der Waals surface area contributed by atoms with E-state index in [1.807, 2.05) is 24.3 Å². The lowest BCUT2D eigenvalue weighted by molar-refractivity contribution is 0.372. The van der Waals surface area contributed by atoms with Crippen molar-refractivity contribution >= 4 is 5.69 Å². The zero-order valence-electron chi connectivity index (χ0n) is 13.4. The highest BCUT2D eigenvalue weighted by Gasteiger charge is 2.26. The van der Waals surface area contributed by atoms with Crippen molar-refractivity contribution < 1.29 is 9.13 Å². The number of nitrogens with zero attached hydrogens (tertiary/aromatic N) is 1. The van der Waals surface area contributed by atoms with Crippen molar-refractivity contribution in [3.8, 4) is 5.75 Å². The minimum absolute atomic E-state index is 0.0756. The number of hydrogen-bond donors (Lipinski definition) is 1. The van der Waals surface area contributed by atoms with E-state index in [9.17, 15) is 4.39 Å². The Kier molecular flexibility index (Phi) is 4.82. The van der Waals surface area contributed by atoms with E-state index in [2.05, 4.69) is 17.0 Å². The summed E-state index contributed by atoms with van der Waals surface area (Å²) in [5.41, 5.74) is 8.14. The Morgan fingerprint density at radius 2 is 1.87 bits per heavy atom. The molecule has 4 heteroatoms. The van der Waals surface area contributed by atoms with Gasteiger partial charge in [0, 0.05) is 19.1 Å². The van der Waals surface area contributed by atoms with Crippen molar-refractivity contribution in [1.82, 2.24) is 0 Å². The van der Waals surface area contributed by atoms with Gasteiger partial charge in [-0.05, 0) is 48.6 Å². The van der Waals surface area contributed by atoms with E-state index >= 15 is 0 Å². The quantitative estimate of drug-likeness (QED) is 0.941. The largest absolute Gasteiger partial charge is 0.497 e. The van der Waals surface area contributed by atoms with E-state index in [1.54, 1.807) is 13.2 Å². The maximum atomic E-state index is 14.0. The summed E-state index contributed by atoms with van der Waals surface area (Å²) in [6.45, 7) is 1.54. The number of nitrogens with two attached hydrogens (primary N) is 1. The summed E-state index contributed by atoms with van der Waals surface area (Å²) in [5.74, 6) is 1.11. The Balaban J connectivity index is 1.71. The van der Waals surface area contributed by atoms with Gasteiger partial charge in [0.25, 0.3) is 0 Å². The van der Waals surface area contributed by atoms with Gasteiger partial charge in [-0.1, -0.05) is 24.3 Å². The second-order valence-electron chi connectivity index (χ2n) is 6.27. The van der Waals surface area contributed by atoms with Crippen LogP contribution in [0.25, 0.3) is 0 Å². The number of para-hydroxylation sites is 1. The van der Waals surface area contributed by atoms with Crippen molar-refractivity contribution in [3.63, 3.8) is 0 Å². The van der Waals surface area contributed by atoms with Crippen LogP contribution >= 0.6 is 0 Å². The van der Waals surface area contributed by atoms with Crippen LogP contribution in [0.4, 0.5) is 10.1 Å². The zero-order chi connectivity index (χ0) is 16.2. The van der Waals surface area contributed by atoms with E-state index in [4.69, 9.17) is 10.5 Å². The Labute approximate surface area is 136 Å². The highest BCUT2D eigenvalue weighted by Crippen LogP contribution is 2.27. The molecular formula is C19H23FN2O. The molecule has 0 radical (unpaired) electrons. The first kappa shape index (κ1) is 15.8. The molecule has 3 rings (SSSR count). The first-order valence-electron chi connectivity index (χ1n) is 8.03. The smallest absolute Gasteiger partial charge is 0.146 e. The van der Waals surface area contributed by atoms with Gasteiger partial charge in [-0.25, -0.2) is 4.39 Å². The molecule has 1 aliphatic heterocycles. The third-order valence-electron chi connectivity index (χ3n) is 4.45. The van der Waals surface area contributed by atoms with Crippen molar-refractivity contribution in [2.75, 3.05) is 25.1 Å². The lowest BCUT2D eigenvalue weighted by atomic mass is 9.88. The predicted molar refractivity (Wildman–Crippen MR) is 91.4 cm³/mol. The summed E-state index contributed by atoms with van der Waals surface area (Å²) in [6.07, 6.45) is 1.92. The lowest BCUT2D eigenvalue weighted by Crippen LogP contribution is -2.48. The second kappa shape index (κ2) is 7.01. The molecule has 1 saturated heterocycles. The number of halogens is 1. The van der Waals surface area contributed by atoms with Gasteiger partial charge in [-0.3, -0.25) is 0 Å². The van der Waals surface area contributed by atoms with E-state index in [-0.39, 0.29) is 11.9 Å². The van der Waals surface area contributed by atoms with E-state index in [1.165, 1.54) is 11.6 Å². The molecule has 1 fully saturated rings. The van der Waals surface area contributed by atoms with Crippen LogP contribution in [0.3, 0.4) is 0 Å². The van der Waals surface area contributed by atoms with Crippen molar-refractivity contribution in [1.29, 1.82) is 0 Å². The molecule has 2 aromatic rings. The van der Waals surface area contributed by atoms with Gasteiger partial charge in [0.15, 0.2) is 0 Å². The van der Waals surface area contributed by atoms with Crippen molar-refractivity contribution in [2.24, 2.45) is 11.7 Å². The molecule has 2 unspecified atom stereocenters. The van der Waals surface area contributed by atoms with Crippen LogP contribution in [0, 0.1) is 11.7 Å². The molecule has 2 N–H and O–H groups in total. The molecule has 0 aromatic heterocycles. The summed E-state index contributed by atoms with van der Waals surface area (Å²) in [7, 11) is 1.67. The van der Waals surface area contributed by atoms with Gasteiger partial charge in [-0.15, -0.1) is 0 Å². The van der Waals surface area contributed by atoms with Gasteiger partial charge < -0.3 is 15.4 Å². The SMILES string of the molecule is COc1ccc(CC2CC(N)CN(c3ccccc3F)C2)cc1. The molecule has 2 atom stereocenters. The third-order valence-corrected chi connectivity index (χ3v) is 4.45. The van der Waals surface area contributed by atoms with Gasteiger partial charge >= 0.3 is 0 Å². The van der Waals surface area contributed by atoms with Gasteiger partial charge in [0.1, 0.15) is 11.6 Å². The Morgan fingerprint density at radius 1 is 1.13 bits per heavy atom. The Bertz CT molecular complexity index is 644. The fraction of sp³-hybridized carbons (Fsp3) is 0.368. The molecule has 1 aliphatic rings. The molecule has 0 saturated carbocycles. The minimum atomic E-state index is -0.176. The summed E-state index contributed by atoms with van der Waals surface area (Å²) in [4.78, 5) is 2.08. The van der Waals surface area contributed by atoms with Crippen LogP contribution < -0.4 is 15.4 Å². The molecule has 0 spiro atoms. The Hall–Kier alpha value is -2.07. The van der Waals surface area contributed by atoms with E-state index in [0.717, 1.165) is 25.1 Å². The summed E-state index contributed by atoms with van der Waals surface area (Å²) >= 11 is 0. The first-order valence-corrected chi connectivity index (χ1v) is 8.03. The lowest BCUT2D eigenvalue weighted by Gasteiger charge is -2.38. The standard InChI is InChI=1S/C19H23FN2O/c1-23-17-8-6-14(7-9-17)10-15-11-16(21)13-22(12-15)19-5-3-2-4-18(19)20/h2-9,15-16H,10-13,21H2,1H3. The van der Waals surface area contributed by atoms with Crippen LogP contribution in [-0.4, -0.2) is 26.2 Å². The van der Waals surface area contributed by atoms with Gasteiger partial charge in [-0.2, -0.15) is 0 Å². The number of piperidine rings is 1. The average molecular weight is 314 g/mol. The van der Waals surface area contributed by atoms with Gasteiger partial charge in [0.05, 0.1) is 12.8 Å². The summed E-state index contributed by atoms with van der Waals surface area (Å²) in [5, 5.41) is 0. The number of benzene rings is 2. The molecule has 0 bridgehead atoms. The molecule has 3 nitrogen and oxygen atoms in total. The third kappa shape index (κ3) is 3.82. The minimum Gasteiger partial charge on any atom is -0.497 e. The Morgan fingerprint density at radius 3 is 2.57 bits per heavy atom. The molecule has 0 amide bonds. The van der Waals surface area contributed by atoms with Crippen LogP contribution in [-0.2, 0) is 6.42 Å². The molecule has 1 heterocycles. The average Bonchev–Trinajstić information content (AvgIpc) is 2.55. The number of rotatable bonds is 4. The molecular weight excluding hydrogens is 291 g/mol. The monoisotopic (exact) mass is 314 g/mol. The highest BCUT2D eigenvalue weighted by molar-refractivity contribution is 5.48. The maximum Gasteiger partial charge on any atom is 0.146 e. The summed E-state index contributed by atoms with van der Waals surface area (Å²) in [6, 6.07) is 15.1. The van der Waals surface area contributed by atoms with E-state index < -0.39 is 0 Å². The zero-order valence-corrected chi connectivity index (χ0v) is 13.4. The number of ether oxygens (including phenoxy) is 1. The topological polar surface area (TPSA) is 38.5 Å². The van der Waals surface area contributed by atoms with E-state index in [0.29, 0.717) is 18.2 Å². The van der Waals surface area contributed by atoms with Crippen molar-refractivity contribution in [2.45, 2.75) is 18.9 Å². The number of anilines is 1. The summed E-state index contributed by atoms with van der Waals surface area (Å²) < 4.78 is 19.2. The van der Waals surface area contributed by atoms with Crippen LogP contribution in [0.15, 0.2) is 48.5 Å².